The lowest BCUT2D eigenvalue weighted by molar-refractivity contribution is -0.130. The first-order valence-corrected chi connectivity index (χ1v) is 12.2. The lowest BCUT2D eigenvalue weighted by Crippen LogP contribution is -2.50. The van der Waals surface area contributed by atoms with Gasteiger partial charge in [-0.2, -0.15) is 0 Å². The molecule has 0 unspecified atom stereocenters. The number of aryl methyl sites for hydroxylation is 1. The Balaban J connectivity index is 1.51. The molecule has 0 radical (unpaired) electrons. The van der Waals surface area contributed by atoms with Crippen LogP contribution in [0.5, 0.6) is 5.75 Å². The summed E-state index contributed by atoms with van der Waals surface area (Å²) in [4.78, 5) is 31.7. The Hall–Kier alpha value is -3.12. The molecule has 0 bridgehead atoms. The van der Waals surface area contributed by atoms with Crippen molar-refractivity contribution in [3.05, 3.63) is 71.3 Å². The monoisotopic (exact) mass is 463 g/mol. The second-order valence-electron chi connectivity index (χ2n) is 8.73. The molecule has 2 aromatic rings. The van der Waals surface area contributed by atoms with Crippen LogP contribution in [0.15, 0.2) is 54.6 Å². The van der Waals surface area contributed by atoms with Crippen LogP contribution in [0.3, 0.4) is 0 Å². The maximum Gasteiger partial charge on any atom is 0.253 e. The summed E-state index contributed by atoms with van der Waals surface area (Å²) in [6.07, 6.45) is 5.44. The summed E-state index contributed by atoms with van der Waals surface area (Å²) in [5.74, 6) is 1.10. The van der Waals surface area contributed by atoms with Gasteiger partial charge >= 0.3 is 0 Å². The summed E-state index contributed by atoms with van der Waals surface area (Å²) >= 11 is 0. The molecule has 0 aliphatic carbocycles. The molecule has 2 amide bonds. The number of hydrogen-bond donors (Lipinski definition) is 0. The Bertz CT molecular complexity index is 963. The average molecular weight is 464 g/mol. The summed E-state index contributed by atoms with van der Waals surface area (Å²) in [6, 6.07) is 15.6. The van der Waals surface area contributed by atoms with Crippen molar-refractivity contribution in [3.8, 4) is 5.75 Å². The molecule has 1 fully saturated rings. The van der Waals surface area contributed by atoms with Gasteiger partial charge < -0.3 is 14.5 Å². The van der Waals surface area contributed by atoms with E-state index < -0.39 is 0 Å². The fourth-order valence-corrected chi connectivity index (χ4v) is 4.12. The molecule has 1 heterocycles. The fraction of sp³-hybridized carbons (Fsp3) is 0.429. The molecule has 6 heteroatoms. The molecule has 0 saturated carbocycles. The van der Waals surface area contributed by atoms with E-state index in [1.165, 1.54) is 0 Å². The smallest absolute Gasteiger partial charge is 0.253 e. The lowest BCUT2D eigenvalue weighted by Gasteiger charge is -2.36. The van der Waals surface area contributed by atoms with Gasteiger partial charge in [-0.25, -0.2) is 0 Å². The standard InChI is InChI=1S/C28H37N3O3/c1-4-8-27(32)30(16-7-10-24-9-5-6-11-26(24)34-3)20-17-29-18-21-31(22-19-29)28(33)25-14-12-23(2)13-15-25/h5-7,9-15H,4,8,16-22H2,1-3H3/b10-7+. The van der Waals surface area contributed by atoms with Crippen LogP contribution in [-0.2, 0) is 4.79 Å². The molecule has 0 N–H and O–H groups in total. The van der Waals surface area contributed by atoms with Crippen molar-refractivity contribution in [3.63, 3.8) is 0 Å². The molecular weight excluding hydrogens is 426 g/mol. The highest BCUT2D eigenvalue weighted by molar-refractivity contribution is 5.94. The molecule has 6 nitrogen and oxygen atoms in total. The van der Waals surface area contributed by atoms with Gasteiger partial charge in [-0.1, -0.05) is 55.0 Å². The molecule has 0 spiro atoms. The molecule has 1 saturated heterocycles. The first kappa shape index (κ1) is 25.5. The van der Waals surface area contributed by atoms with E-state index in [-0.39, 0.29) is 11.8 Å². The Morgan fingerprint density at radius 1 is 1.03 bits per heavy atom. The van der Waals surface area contributed by atoms with Gasteiger partial charge in [-0.05, 0) is 31.5 Å². The van der Waals surface area contributed by atoms with Crippen molar-refractivity contribution in [2.45, 2.75) is 26.7 Å². The Labute approximate surface area is 203 Å². The Kier molecular flexibility index (Phi) is 9.71. The van der Waals surface area contributed by atoms with Crippen molar-refractivity contribution in [2.75, 3.05) is 52.9 Å². The summed E-state index contributed by atoms with van der Waals surface area (Å²) in [5.41, 5.74) is 2.90. The number of para-hydroxylation sites is 1. The quantitative estimate of drug-likeness (QED) is 0.532. The molecule has 2 aromatic carbocycles. The SMILES string of the molecule is CCCC(=O)N(C/C=C/c1ccccc1OC)CCN1CCN(C(=O)c2ccc(C)cc2)CC1. The number of ether oxygens (including phenoxy) is 1. The second kappa shape index (κ2) is 12.9. The van der Waals surface area contributed by atoms with E-state index in [0.717, 1.165) is 48.5 Å². The number of nitrogens with zero attached hydrogens (tertiary/aromatic N) is 3. The topological polar surface area (TPSA) is 53.1 Å². The van der Waals surface area contributed by atoms with E-state index in [0.29, 0.717) is 32.6 Å². The minimum absolute atomic E-state index is 0.0980. The van der Waals surface area contributed by atoms with Gasteiger partial charge in [0.2, 0.25) is 5.91 Å². The number of benzene rings is 2. The number of carbonyl (C=O) groups excluding carboxylic acids is 2. The minimum atomic E-state index is 0.0980. The van der Waals surface area contributed by atoms with Gasteiger partial charge in [-0.3, -0.25) is 14.5 Å². The molecule has 0 atom stereocenters. The number of hydrogen-bond acceptors (Lipinski definition) is 4. The molecule has 3 rings (SSSR count). The normalized spacial score (nSPS) is 14.4. The van der Waals surface area contributed by atoms with E-state index in [2.05, 4.69) is 4.90 Å². The Morgan fingerprint density at radius 2 is 1.74 bits per heavy atom. The second-order valence-corrected chi connectivity index (χ2v) is 8.73. The summed E-state index contributed by atoms with van der Waals surface area (Å²) in [7, 11) is 1.66. The highest BCUT2D eigenvalue weighted by Gasteiger charge is 2.22. The van der Waals surface area contributed by atoms with Crippen LogP contribution in [-0.4, -0.2) is 79.4 Å². The van der Waals surface area contributed by atoms with Crippen LogP contribution >= 0.6 is 0 Å². The van der Waals surface area contributed by atoms with Crippen molar-refractivity contribution in [1.29, 1.82) is 0 Å². The van der Waals surface area contributed by atoms with Gasteiger partial charge in [0, 0.05) is 63.4 Å². The number of piperazine rings is 1. The first-order chi connectivity index (χ1) is 16.5. The average Bonchev–Trinajstić information content (AvgIpc) is 2.86. The first-order valence-electron chi connectivity index (χ1n) is 12.2. The summed E-state index contributed by atoms with van der Waals surface area (Å²) in [6.45, 7) is 9.19. The minimum Gasteiger partial charge on any atom is -0.496 e. The fourth-order valence-electron chi connectivity index (χ4n) is 4.12. The highest BCUT2D eigenvalue weighted by atomic mass is 16.5. The lowest BCUT2D eigenvalue weighted by atomic mass is 10.1. The van der Waals surface area contributed by atoms with Gasteiger partial charge in [0.05, 0.1) is 7.11 Å². The zero-order valence-corrected chi connectivity index (χ0v) is 20.7. The van der Waals surface area contributed by atoms with Gasteiger partial charge in [0.15, 0.2) is 0 Å². The van der Waals surface area contributed by atoms with Crippen molar-refractivity contribution >= 4 is 17.9 Å². The van der Waals surface area contributed by atoms with E-state index in [4.69, 9.17) is 4.74 Å². The number of carbonyl (C=O) groups is 2. The van der Waals surface area contributed by atoms with Crippen molar-refractivity contribution in [2.24, 2.45) is 0 Å². The summed E-state index contributed by atoms with van der Waals surface area (Å²) in [5, 5.41) is 0. The van der Waals surface area contributed by atoms with E-state index >= 15 is 0 Å². The third kappa shape index (κ3) is 7.19. The molecule has 1 aliphatic heterocycles. The number of amides is 2. The van der Waals surface area contributed by atoms with Crippen LogP contribution in [0.4, 0.5) is 0 Å². The third-order valence-corrected chi connectivity index (χ3v) is 6.22. The van der Waals surface area contributed by atoms with Crippen LogP contribution in [0.2, 0.25) is 0 Å². The molecule has 182 valence electrons. The molecular formula is C28H37N3O3. The largest absolute Gasteiger partial charge is 0.496 e. The Morgan fingerprint density at radius 3 is 2.41 bits per heavy atom. The van der Waals surface area contributed by atoms with E-state index in [1.54, 1.807) is 7.11 Å². The number of methoxy groups -OCH3 is 1. The highest BCUT2D eigenvalue weighted by Crippen LogP contribution is 2.18. The van der Waals surface area contributed by atoms with Crippen molar-refractivity contribution < 1.29 is 14.3 Å². The van der Waals surface area contributed by atoms with Crippen LogP contribution in [0.1, 0.15) is 41.3 Å². The van der Waals surface area contributed by atoms with E-state index in [1.807, 2.05) is 84.3 Å². The van der Waals surface area contributed by atoms with Crippen molar-refractivity contribution in [1.82, 2.24) is 14.7 Å². The third-order valence-electron chi connectivity index (χ3n) is 6.22. The maximum atomic E-state index is 12.8. The van der Waals surface area contributed by atoms with Crippen LogP contribution in [0.25, 0.3) is 6.08 Å². The van der Waals surface area contributed by atoms with Gasteiger partial charge in [-0.15, -0.1) is 0 Å². The predicted molar refractivity (Wildman–Crippen MR) is 137 cm³/mol. The zero-order valence-electron chi connectivity index (χ0n) is 20.7. The molecule has 0 aromatic heterocycles. The van der Waals surface area contributed by atoms with Crippen LogP contribution in [0, 0.1) is 6.92 Å². The van der Waals surface area contributed by atoms with Gasteiger partial charge in [0.1, 0.15) is 5.75 Å². The van der Waals surface area contributed by atoms with Gasteiger partial charge in [0.25, 0.3) is 5.91 Å². The predicted octanol–water partition coefficient (Wildman–Crippen LogP) is 4.10. The summed E-state index contributed by atoms with van der Waals surface area (Å²) < 4.78 is 5.41. The zero-order chi connectivity index (χ0) is 24.3. The number of rotatable bonds is 10. The van der Waals surface area contributed by atoms with Crippen LogP contribution < -0.4 is 4.74 Å². The maximum absolute atomic E-state index is 12.8. The molecule has 34 heavy (non-hydrogen) atoms. The van der Waals surface area contributed by atoms with E-state index in [9.17, 15) is 9.59 Å². The molecule has 1 aliphatic rings.